The smallest absolute Gasteiger partial charge is 0.0839 e. The summed E-state index contributed by atoms with van der Waals surface area (Å²) in [4.78, 5) is 0. The average Bonchev–Trinajstić information content (AvgIpc) is 3.14. The van der Waals surface area contributed by atoms with Crippen LogP contribution in [0.3, 0.4) is 0 Å². The summed E-state index contributed by atoms with van der Waals surface area (Å²) >= 11 is 0. The Morgan fingerprint density at radius 2 is 1.89 bits per heavy atom. The predicted molar refractivity (Wildman–Crippen MR) is 144 cm³/mol. The van der Waals surface area contributed by atoms with Crippen LogP contribution in [0, 0.1) is 29.1 Å². The SMILES string of the molecule is C=C1/C(=C\C=C2CCC[C@@]3(C)C2CC[C@@H]3[C@H](C)CCCC(C)(C)O)C[C@@H](O)[C@@H](CCCCO)[C@H]1O. The maximum Gasteiger partial charge on any atom is 0.0839 e. The molecule has 0 radical (unpaired) electrons. The van der Waals surface area contributed by atoms with Gasteiger partial charge in [-0.1, -0.05) is 57.4 Å². The summed E-state index contributed by atoms with van der Waals surface area (Å²) in [6, 6.07) is 0. The van der Waals surface area contributed by atoms with E-state index in [-0.39, 0.29) is 12.5 Å². The number of aliphatic hydroxyl groups excluding tert-OH is 3. The second kappa shape index (κ2) is 12.1. The molecule has 3 aliphatic rings. The molecule has 1 unspecified atom stereocenters. The molecule has 0 aromatic heterocycles. The fourth-order valence-corrected chi connectivity index (χ4v) is 7.66. The average molecular weight is 489 g/mol. The van der Waals surface area contributed by atoms with Crippen LogP contribution in [0.5, 0.6) is 0 Å². The van der Waals surface area contributed by atoms with Crippen molar-refractivity contribution in [2.24, 2.45) is 29.1 Å². The molecule has 4 heteroatoms. The number of hydrogen-bond donors (Lipinski definition) is 4. The lowest BCUT2D eigenvalue weighted by Gasteiger charge is -2.44. The van der Waals surface area contributed by atoms with Crippen molar-refractivity contribution in [3.63, 3.8) is 0 Å². The summed E-state index contributed by atoms with van der Waals surface area (Å²) in [6.45, 7) is 13.1. The number of unbranched alkanes of at least 4 members (excludes halogenated alkanes) is 1. The second-order valence-corrected chi connectivity index (χ2v) is 12.8. The molecule has 35 heavy (non-hydrogen) atoms. The van der Waals surface area contributed by atoms with Crippen molar-refractivity contribution < 1.29 is 20.4 Å². The van der Waals surface area contributed by atoms with E-state index in [1.54, 1.807) is 5.57 Å². The Morgan fingerprint density at radius 3 is 2.57 bits per heavy atom. The van der Waals surface area contributed by atoms with E-state index in [1.165, 1.54) is 32.1 Å². The van der Waals surface area contributed by atoms with Gasteiger partial charge < -0.3 is 20.4 Å². The Kier molecular flexibility index (Phi) is 9.87. The summed E-state index contributed by atoms with van der Waals surface area (Å²) in [5.41, 5.74) is 3.05. The molecule has 3 rings (SSSR count). The van der Waals surface area contributed by atoms with Gasteiger partial charge in [0, 0.05) is 12.5 Å². The van der Waals surface area contributed by atoms with Gasteiger partial charge in [-0.15, -0.1) is 0 Å². The van der Waals surface area contributed by atoms with Gasteiger partial charge in [0.2, 0.25) is 0 Å². The van der Waals surface area contributed by atoms with E-state index in [0.717, 1.165) is 42.7 Å². The van der Waals surface area contributed by atoms with Crippen LogP contribution in [0.15, 0.2) is 35.5 Å². The highest BCUT2D eigenvalue weighted by Gasteiger charge is 2.50. The van der Waals surface area contributed by atoms with Crippen LogP contribution in [0.1, 0.15) is 105 Å². The molecule has 0 saturated heterocycles. The third kappa shape index (κ3) is 6.89. The van der Waals surface area contributed by atoms with Gasteiger partial charge >= 0.3 is 0 Å². The van der Waals surface area contributed by atoms with Crippen molar-refractivity contribution in [2.75, 3.05) is 6.61 Å². The lowest BCUT2D eigenvalue weighted by Crippen LogP contribution is -2.38. The minimum atomic E-state index is -0.709. The normalized spacial score (nSPS) is 37.1. The maximum atomic E-state index is 10.8. The van der Waals surface area contributed by atoms with Gasteiger partial charge in [0.1, 0.15) is 0 Å². The largest absolute Gasteiger partial charge is 0.396 e. The summed E-state index contributed by atoms with van der Waals surface area (Å²) in [7, 11) is 0. The Hall–Kier alpha value is -0.940. The number of aliphatic hydroxyl groups is 4. The van der Waals surface area contributed by atoms with Gasteiger partial charge in [-0.25, -0.2) is 0 Å². The van der Waals surface area contributed by atoms with Crippen LogP contribution < -0.4 is 0 Å². The van der Waals surface area contributed by atoms with Crippen molar-refractivity contribution in [2.45, 2.75) is 123 Å². The number of rotatable bonds is 10. The minimum Gasteiger partial charge on any atom is -0.396 e. The highest BCUT2D eigenvalue weighted by molar-refractivity contribution is 5.39. The van der Waals surface area contributed by atoms with Crippen LogP contribution in [0.25, 0.3) is 0 Å². The molecule has 0 aromatic carbocycles. The maximum absolute atomic E-state index is 10.8. The van der Waals surface area contributed by atoms with E-state index in [1.807, 2.05) is 13.8 Å². The molecular formula is C31H52O4. The Balaban J connectivity index is 1.67. The molecule has 0 aromatic rings. The molecule has 4 nitrogen and oxygen atoms in total. The van der Waals surface area contributed by atoms with Crippen molar-refractivity contribution in [1.29, 1.82) is 0 Å². The lowest BCUT2D eigenvalue weighted by atomic mass is 9.60. The highest BCUT2D eigenvalue weighted by Crippen LogP contribution is 2.60. The van der Waals surface area contributed by atoms with Gasteiger partial charge in [-0.05, 0) is 106 Å². The summed E-state index contributed by atoms with van der Waals surface area (Å²) in [5, 5.41) is 40.7. The molecule has 0 aliphatic heterocycles. The summed E-state index contributed by atoms with van der Waals surface area (Å²) < 4.78 is 0. The van der Waals surface area contributed by atoms with E-state index in [2.05, 4.69) is 32.6 Å². The Morgan fingerprint density at radius 1 is 1.14 bits per heavy atom. The molecular weight excluding hydrogens is 436 g/mol. The molecule has 0 bridgehead atoms. The number of allylic oxidation sites excluding steroid dienone is 3. The zero-order valence-electron chi connectivity index (χ0n) is 22.8. The first-order chi connectivity index (χ1) is 16.5. The van der Waals surface area contributed by atoms with Crippen LogP contribution >= 0.6 is 0 Å². The molecule has 0 amide bonds. The quantitative estimate of drug-likeness (QED) is 0.280. The predicted octanol–water partition coefficient (Wildman–Crippen LogP) is 6.09. The highest BCUT2D eigenvalue weighted by atomic mass is 16.3. The zero-order valence-corrected chi connectivity index (χ0v) is 22.8. The van der Waals surface area contributed by atoms with Crippen LogP contribution in [0.4, 0.5) is 0 Å². The first kappa shape index (κ1) is 28.6. The van der Waals surface area contributed by atoms with Crippen molar-refractivity contribution in [1.82, 2.24) is 0 Å². The monoisotopic (exact) mass is 488 g/mol. The topological polar surface area (TPSA) is 80.9 Å². The third-order valence-electron chi connectivity index (χ3n) is 9.72. The summed E-state index contributed by atoms with van der Waals surface area (Å²) in [6.07, 6.45) is 15.3. The van der Waals surface area contributed by atoms with Gasteiger partial charge in [0.15, 0.2) is 0 Å². The standard InChI is InChI=1S/C31H52O4/c1-21(10-8-17-30(3,4)35)26-15-16-27-23(11-9-18-31(26,27)5)13-14-24-20-28(33)25(12-6-7-19-32)29(34)22(24)2/h13-14,21,25-29,32-35H,2,6-12,15-20H2,1,3-5H3/b23-13?,24-14-/t21-,25-,26-,27?,28-,29+,31-/m1/s1. The first-order valence-corrected chi connectivity index (χ1v) is 14.3. The molecule has 3 saturated carbocycles. The molecule has 0 heterocycles. The Bertz CT molecular complexity index is 775. The number of fused-ring (bicyclic) bond motifs is 1. The fraction of sp³-hybridized carbons (Fsp3) is 0.806. The van der Waals surface area contributed by atoms with E-state index < -0.39 is 17.8 Å². The summed E-state index contributed by atoms with van der Waals surface area (Å²) in [5.74, 6) is 1.84. The van der Waals surface area contributed by atoms with Crippen molar-refractivity contribution in [3.05, 3.63) is 35.5 Å². The molecule has 4 N–H and O–H groups in total. The molecule has 200 valence electrons. The fourth-order valence-electron chi connectivity index (χ4n) is 7.66. The van der Waals surface area contributed by atoms with Crippen LogP contribution in [0.2, 0.25) is 0 Å². The number of hydrogen-bond acceptors (Lipinski definition) is 4. The van der Waals surface area contributed by atoms with Crippen LogP contribution in [-0.4, -0.2) is 44.8 Å². The van der Waals surface area contributed by atoms with E-state index >= 15 is 0 Å². The Labute approximate surface area is 214 Å². The molecule has 3 aliphatic carbocycles. The minimum absolute atomic E-state index is 0.152. The molecule has 3 fully saturated rings. The van der Waals surface area contributed by atoms with Crippen LogP contribution in [-0.2, 0) is 0 Å². The van der Waals surface area contributed by atoms with Gasteiger partial charge in [-0.2, -0.15) is 0 Å². The first-order valence-electron chi connectivity index (χ1n) is 14.3. The second-order valence-electron chi connectivity index (χ2n) is 12.8. The van der Waals surface area contributed by atoms with E-state index in [0.29, 0.717) is 36.5 Å². The van der Waals surface area contributed by atoms with E-state index in [9.17, 15) is 15.3 Å². The van der Waals surface area contributed by atoms with Gasteiger partial charge in [-0.3, -0.25) is 0 Å². The lowest BCUT2D eigenvalue weighted by molar-refractivity contribution is 0.0124. The van der Waals surface area contributed by atoms with Crippen molar-refractivity contribution >= 4 is 0 Å². The van der Waals surface area contributed by atoms with Gasteiger partial charge in [0.05, 0.1) is 17.8 Å². The van der Waals surface area contributed by atoms with Gasteiger partial charge in [0.25, 0.3) is 0 Å². The zero-order chi connectivity index (χ0) is 25.8. The molecule has 7 atom stereocenters. The third-order valence-corrected chi connectivity index (χ3v) is 9.72. The molecule has 0 spiro atoms. The van der Waals surface area contributed by atoms with E-state index in [4.69, 9.17) is 5.11 Å². The van der Waals surface area contributed by atoms with Crippen molar-refractivity contribution in [3.8, 4) is 0 Å².